The molecule has 2 aliphatic heterocycles. The number of rotatable bonds is 4. The minimum absolute atomic E-state index is 0.202. The number of hydrogen-bond acceptors (Lipinski definition) is 5. The first-order valence-corrected chi connectivity index (χ1v) is 8.94. The zero-order valence-electron chi connectivity index (χ0n) is 13.1. The van der Waals surface area contributed by atoms with E-state index in [9.17, 15) is 9.59 Å². The summed E-state index contributed by atoms with van der Waals surface area (Å²) in [6.07, 6.45) is 0. The maximum atomic E-state index is 12.6. The van der Waals surface area contributed by atoms with Gasteiger partial charge in [0.2, 0.25) is 4.51 Å². The summed E-state index contributed by atoms with van der Waals surface area (Å²) in [4.78, 5) is 26.6. The molecule has 1 aromatic carbocycles. The fourth-order valence-corrected chi connectivity index (χ4v) is 5.27. The molecular weight excluding hydrogens is 382 g/mol. The average molecular weight is 400 g/mol. The molecule has 0 N–H and O–H groups in total. The van der Waals surface area contributed by atoms with Gasteiger partial charge in [-0.15, -0.1) is 11.8 Å². The van der Waals surface area contributed by atoms with Crippen molar-refractivity contribution in [2.75, 3.05) is 7.11 Å². The first-order chi connectivity index (χ1) is 10.8. The Labute approximate surface area is 147 Å². The highest BCUT2D eigenvalue weighted by atomic mass is 79.9. The predicted octanol–water partition coefficient (Wildman–Crippen LogP) is 2.53. The van der Waals surface area contributed by atoms with E-state index in [0.29, 0.717) is 0 Å². The Kier molecular flexibility index (Phi) is 4.23. The first kappa shape index (κ1) is 16.8. The number of thioether (sulfide) groups is 1. The predicted molar refractivity (Wildman–Crippen MR) is 91.0 cm³/mol. The van der Waals surface area contributed by atoms with Crippen molar-refractivity contribution in [2.45, 2.75) is 41.1 Å². The Morgan fingerprint density at radius 1 is 1.35 bits per heavy atom. The number of β-lactam (4-membered cyclic amide) rings is 1. The number of benzene rings is 1. The molecule has 3 atom stereocenters. The van der Waals surface area contributed by atoms with Crippen LogP contribution in [0, 0.1) is 0 Å². The van der Waals surface area contributed by atoms with Crippen LogP contribution in [-0.2, 0) is 25.7 Å². The Bertz CT molecular complexity index is 638. The molecule has 0 saturated carbocycles. The second-order valence-electron chi connectivity index (χ2n) is 6.13. The highest BCUT2D eigenvalue weighted by molar-refractivity contribution is 9.10. The highest BCUT2D eigenvalue weighted by Crippen LogP contribution is 2.58. The van der Waals surface area contributed by atoms with E-state index in [2.05, 4.69) is 15.9 Å². The van der Waals surface area contributed by atoms with Crippen molar-refractivity contribution >= 4 is 39.6 Å². The minimum Gasteiger partial charge on any atom is -0.459 e. The smallest absolute Gasteiger partial charge is 0.330 e. The van der Waals surface area contributed by atoms with Gasteiger partial charge in [-0.05, 0) is 35.3 Å². The van der Waals surface area contributed by atoms with Crippen molar-refractivity contribution in [3.8, 4) is 0 Å². The quantitative estimate of drug-likeness (QED) is 0.442. The van der Waals surface area contributed by atoms with Crippen LogP contribution >= 0.6 is 27.7 Å². The molecule has 0 aliphatic carbocycles. The molecule has 2 saturated heterocycles. The number of ether oxygens (including phenoxy) is 2. The Morgan fingerprint density at radius 3 is 2.61 bits per heavy atom. The Hall–Kier alpha value is -1.05. The SMILES string of the molecule is CO[C@@]1(Br)C(=O)N2[C@@H](C(=O)OCc3ccccc3)C(C)(C)S[C@@H]21. The second kappa shape index (κ2) is 5.79. The third-order valence-corrected chi connectivity index (χ3v) is 7.21. The number of methoxy groups -OCH3 is 1. The molecule has 0 aromatic heterocycles. The van der Waals surface area contributed by atoms with E-state index in [-0.39, 0.29) is 23.9 Å². The number of esters is 1. The Morgan fingerprint density at radius 2 is 2.00 bits per heavy atom. The first-order valence-electron chi connectivity index (χ1n) is 7.26. The lowest BCUT2D eigenvalue weighted by Crippen LogP contribution is -2.71. The van der Waals surface area contributed by atoms with E-state index in [1.54, 1.807) is 16.7 Å². The number of nitrogens with zero attached hydrogens (tertiary/aromatic N) is 1. The van der Waals surface area contributed by atoms with E-state index in [4.69, 9.17) is 9.47 Å². The third-order valence-electron chi connectivity index (χ3n) is 4.19. The van der Waals surface area contributed by atoms with E-state index >= 15 is 0 Å². The van der Waals surface area contributed by atoms with Gasteiger partial charge in [0, 0.05) is 11.9 Å². The van der Waals surface area contributed by atoms with Gasteiger partial charge in [0.05, 0.1) is 0 Å². The Balaban J connectivity index is 1.74. The van der Waals surface area contributed by atoms with E-state index in [0.717, 1.165) is 5.56 Å². The van der Waals surface area contributed by atoms with Crippen LogP contribution in [0.5, 0.6) is 0 Å². The van der Waals surface area contributed by atoms with Gasteiger partial charge in [0.25, 0.3) is 5.91 Å². The average Bonchev–Trinajstić information content (AvgIpc) is 2.82. The van der Waals surface area contributed by atoms with E-state index in [1.165, 1.54) is 7.11 Å². The zero-order chi connectivity index (χ0) is 16.8. The largest absolute Gasteiger partial charge is 0.459 e. The summed E-state index contributed by atoms with van der Waals surface area (Å²) >= 11 is 4.90. The summed E-state index contributed by atoms with van der Waals surface area (Å²) in [5, 5.41) is -0.232. The van der Waals surface area contributed by atoms with Crippen LogP contribution < -0.4 is 0 Å². The van der Waals surface area contributed by atoms with Crippen molar-refractivity contribution in [3.63, 3.8) is 0 Å². The summed E-state index contributed by atoms with van der Waals surface area (Å²) < 4.78 is 9.27. The van der Waals surface area contributed by atoms with Gasteiger partial charge in [-0.2, -0.15) is 0 Å². The standard InChI is InChI=1S/C16H18BrNO4S/c1-15(2)11(12(19)22-9-10-7-5-4-6-8-10)18-13(20)16(17,21-3)14(18)23-15/h4-8,11,14H,9H2,1-3H3/t11-,14+,16-/m0/s1. The number of hydrogen-bond donors (Lipinski definition) is 0. The number of fused-ring (bicyclic) bond motifs is 1. The van der Waals surface area contributed by atoms with Gasteiger partial charge in [-0.1, -0.05) is 30.3 Å². The summed E-state index contributed by atoms with van der Waals surface area (Å²) in [6.45, 7) is 4.09. The molecule has 23 heavy (non-hydrogen) atoms. The van der Waals surface area contributed by atoms with Crippen LogP contribution in [0.3, 0.4) is 0 Å². The maximum Gasteiger partial charge on any atom is 0.330 e. The van der Waals surface area contributed by atoms with Crippen molar-refractivity contribution < 1.29 is 19.1 Å². The van der Waals surface area contributed by atoms with Gasteiger partial charge in [-0.25, -0.2) is 4.79 Å². The lowest BCUT2D eigenvalue weighted by molar-refractivity contribution is -0.178. The molecule has 5 nitrogen and oxygen atoms in total. The van der Waals surface area contributed by atoms with Crippen molar-refractivity contribution in [1.82, 2.24) is 4.90 Å². The van der Waals surface area contributed by atoms with E-state index in [1.807, 2.05) is 44.2 Å². The monoisotopic (exact) mass is 399 g/mol. The lowest BCUT2D eigenvalue weighted by Gasteiger charge is -2.48. The van der Waals surface area contributed by atoms with Crippen LogP contribution in [0.4, 0.5) is 0 Å². The maximum absolute atomic E-state index is 12.6. The fourth-order valence-electron chi connectivity index (χ4n) is 2.97. The van der Waals surface area contributed by atoms with E-state index < -0.39 is 15.3 Å². The number of carbonyl (C=O) groups excluding carboxylic acids is 2. The molecule has 0 unspecified atom stereocenters. The van der Waals surface area contributed by atoms with Crippen LogP contribution in [0.2, 0.25) is 0 Å². The van der Waals surface area contributed by atoms with Crippen LogP contribution in [0.25, 0.3) is 0 Å². The van der Waals surface area contributed by atoms with Crippen molar-refractivity contribution in [1.29, 1.82) is 0 Å². The van der Waals surface area contributed by atoms with Gasteiger partial charge < -0.3 is 14.4 Å². The molecule has 1 aromatic rings. The number of alkyl halides is 1. The molecular formula is C16H18BrNO4S. The second-order valence-corrected chi connectivity index (χ2v) is 9.04. The fraction of sp³-hybridized carbons (Fsp3) is 0.500. The summed E-state index contributed by atoms with van der Waals surface area (Å²) in [5.74, 6) is -0.613. The molecule has 2 fully saturated rings. The molecule has 3 rings (SSSR count). The summed E-state index contributed by atoms with van der Waals surface area (Å²) in [5.41, 5.74) is 0.919. The lowest BCUT2D eigenvalue weighted by atomic mass is 9.97. The minimum atomic E-state index is -1.04. The van der Waals surface area contributed by atoms with Crippen molar-refractivity contribution in [3.05, 3.63) is 35.9 Å². The van der Waals surface area contributed by atoms with Crippen LogP contribution in [0.15, 0.2) is 30.3 Å². The summed E-state index contributed by atoms with van der Waals surface area (Å²) in [7, 11) is 1.48. The molecule has 7 heteroatoms. The van der Waals surface area contributed by atoms with Crippen LogP contribution in [0.1, 0.15) is 19.4 Å². The number of carbonyl (C=O) groups is 2. The molecule has 124 valence electrons. The molecule has 1 amide bonds. The van der Waals surface area contributed by atoms with Gasteiger partial charge >= 0.3 is 5.97 Å². The number of halogens is 1. The van der Waals surface area contributed by atoms with Gasteiger partial charge in [-0.3, -0.25) is 4.79 Å². The molecule has 2 aliphatic rings. The van der Waals surface area contributed by atoms with Gasteiger partial charge in [0.15, 0.2) is 0 Å². The zero-order valence-corrected chi connectivity index (χ0v) is 15.5. The normalized spacial score (nSPS) is 31.5. The van der Waals surface area contributed by atoms with Crippen molar-refractivity contribution in [2.24, 2.45) is 0 Å². The topological polar surface area (TPSA) is 55.8 Å². The molecule has 0 bridgehead atoms. The number of amides is 1. The molecule has 2 heterocycles. The van der Waals surface area contributed by atoms with Crippen LogP contribution in [-0.4, -0.2) is 44.6 Å². The molecule has 0 spiro atoms. The van der Waals surface area contributed by atoms with Gasteiger partial charge in [0.1, 0.15) is 18.0 Å². The molecule has 0 radical (unpaired) electrons. The summed E-state index contributed by atoms with van der Waals surface area (Å²) in [6, 6.07) is 8.87. The third kappa shape index (κ3) is 2.58. The highest BCUT2D eigenvalue weighted by Gasteiger charge is 2.71.